The van der Waals surface area contributed by atoms with E-state index in [4.69, 9.17) is 15.5 Å². The van der Waals surface area contributed by atoms with Crippen LogP contribution in [0.25, 0.3) is 0 Å². The zero-order valence-electron chi connectivity index (χ0n) is 9.47. The summed E-state index contributed by atoms with van der Waals surface area (Å²) in [5, 5.41) is 18.4. The first-order valence-corrected chi connectivity index (χ1v) is 5.17. The zero-order chi connectivity index (χ0) is 12.0. The van der Waals surface area contributed by atoms with Gasteiger partial charge in [0.05, 0.1) is 6.04 Å². The predicted molar refractivity (Wildman–Crippen MR) is 58.2 cm³/mol. The Morgan fingerprint density at radius 3 is 2.94 bits per heavy atom. The molecular weight excluding hydrogens is 210 g/mol. The van der Waals surface area contributed by atoms with E-state index in [2.05, 4.69) is 20.6 Å². The van der Waals surface area contributed by atoms with Gasteiger partial charge < -0.3 is 20.8 Å². The van der Waals surface area contributed by atoms with Crippen LogP contribution in [-0.4, -0.2) is 33.8 Å². The standard InChI is InChI=1S/C9H17N5O2/c1-3-7(9(10)13-15)11-5-4-8-12-6(2)16-14-8/h7,11,15H,3-5H2,1-2H3,(H2,10,13). The van der Waals surface area contributed by atoms with Crippen LogP contribution >= 0.6 is 0 Å². The van der Waals surface area contributed by atoms with Gasteiger partial charge in [0.1, 0.15) is 0 Å². The van der Waals surface area contributed by atoms with Crippen LogP contribution in [0.15, 0.2) is 9.68 Å². The molecule has 0 aliphatic rings. The van der Waals surface area contributed by atoms with E-state index in [1.807, 2.05) is 6.92 Å². The van der Waals surface area contributed by atoms with E-state index >= 15 is 0 Å². The van der Waals surface area contributed by atoms with Crippen molar-refractivity contribution in [3.63, 3.8) is 0 Å². The number of amidine groups is 1. The molecule has 1 atom stereocenters. The van der Waals surface area contributed by atoms with Crippen molar-refractivity contribution in [2.24, 2.45) is 10.9 Å². The summed E-state index contributed by atoms with van der Waals surface area (Å²) in [4.78, 5) is 4.07. The lowest BCUT2D eigenvalue weighted by Crippen LogP contribution is -2.41. The summed E-state index contributed by atoms with van der Waals surface area (Å²) in [5.74, 6) is 1.39. The van der Waals surface area contributed by atoms with Crippen LogP contribution in [0.4, 0.5) is 0 Å². The quantitative estimate of drug-likeness (QED) is 0.274. The molecule has 0 aliphatic carbocycles. The number of hydrogen-bond acceptors (Lipinski definition) is 6. The van der Waals surface area contributed by atoms with Crippen LogP contribution in [0.3, 0.4) is 0 Å². The van der Waals surface area contributed by atoms with Gasteiger partial charge >= 0.3 is 0 Å². The first kappa shape index (κ1) is 12.4. The van der Waals surface area contributed by atoms with Crippen LogP contribution in [-0.2, 0) is 6.42 Å². The van der Waals surface area contributed by atoms with E-state index in [-0.39, 0.29) is 11.9 Å². The van der Waals surface area contributed by atoms with E-state index in [9.17, 15) is 0 Å². The van der Waals surface area contributed by atoms with E-state index in [0.717, 1.165) is 6.42 Å². The van der Waals surface area contributed by atoms with Crippen LogP contribution in [0.1, 0.15) is 25.1 Å². The van der Waals surface area contributed by atoms with Gasteiger partial charge in [-0.1, -0.05) is 17.2 Å². The molecule has 0 radical (unpaired) electrons. The minimum atomic E-state index is -0.127. The third kappa shape index (κ3) is 3.50. The minimum absolute atomic E-state index is 0.127. The Balaban J connectivity index is 2.34. The summed E-state index contributed by atoms with van der Waals surface area (Å²) in [7, 11) is 0. The van der Waals surface area contributed by atoms with Gasteiger partial charge in [-0.3, -0.25) is 0 Å². The topological polar surface area (TPSA) is 110 Å². The number of oxime groups is 1. The van der Waals surface area contributed by atoms with Crippen LogP contribution in [0, 0.1) is 6.92 Å². The first-order valence-electron chi connectivity index (χ1n) is 5.17. The van der Waals surface area contributed by atoms with Crippen molar-refractivity contribution < 1.29 is 9.73 Å². The Labute approximate surface area is 93.7 Å². The minimum Gasteiger partial charge on any atom is -0.409 e. The summed E-state index contributed by atoms with van der Waals surface area (Å²) in [5.41, 5.74) is 5.50. The molecule has 0 fully saturated rings. The summed E-state index contributed by atoms with van der Waals surface area (Å²) in [6.07, 6.45) is 1.40. The smallest absolute Gasteiger partial charge is 0.223 e. The number of nitrogens with two attached hydrogens (primary N) is 1. The van der Waals surface area contributed by atoms with E-state index in [0.29, 0.717) is 24.7 Å². The third-order valence-electron chi connectivity index (χ3n) is 2.19. The highest BCUT2D eigenvalue weighted by molar-refractivity contribution is 5.85. The van der Waals surface area contributed by atoms with Gasteiger partial charge in [-0.2, -0.15) is 4.98 Å². The second-order valence-corrected chi connectivity index (χ2v) is 3.42. The number of nitrogens with zero attached hydrogens (tertiary/aromatic N) is 3. The molecule has 1 aromatic heterocycles. The van der Waals surface area contributed by atoms with Gasteiger partial charge in [-0.05, 0) is 6.42 Å². The molecule has 0 amide bonds. The second kappa shape index (κ2) is 6.06. The Bertz CT molecular complexity index is 349. The number of aryl methyl sites for hydroxylation is 1. The van der Waals surface area contributed by atoms with E-state index < -0.39 is 0 Å². The molecule has 4 N–H and O–H groups in total. The van der Waals surface area contributed by atoms with Crippen LogP contribution in [0.5, 0.6) is 0 Å². The maximum absolute atomic E-state index is 8.54. The summed E-state index contributed by atoms with van der Waals surface area (Å²) in [6, 6.07) is -0.127. The molecule has 1 unspecified atom stereocenters. The molecule has 1 rings (SSSR count). The number of hydrogen-bond donors (Lipinski definition) is 3. The molecule has 7 heteroatoms. The Kier molecular flexibility index (Phi) is 4.71. The molecule has 0 spiro atoms. The Hall–Kier alpha value is -1.63. The Morgan fingerprint density at radius 1 is 1.69 bits per heavy atom. The Morgan fingerprint density at radius 2 is 2.44 bits per heavy atom. The third-order valence-corrected chi connectivity index (χ3v) is 2.19. The molecule has 0 saturated carbocycles. The highest BCUT2D eigenvalue weighted by Gasteiger charge is 2.11. The predicted octanol–water partition coefficient (Wildman–Crippen LogP) is 0.0351. The first-order chi connectivity index (χ1) is 7.67. The van der Waals surface area contributed by atoms with Gasteiger partial charge in [0, 0.05) is 19.9 Å². The molecule has 1 heterocycles. The molecule has 16 heavy (non-hydrogen) atoms. The fourth-order valence-corrected chi connectivity index (χ4v) is 1.33. The molecule has 0 aromatic carbocycles. The van der Waals surface area contributed by atoms with Gasteiger partial charge in [0.15, 0.2) is 11.7 Å². The van der Waals surface area contributed by atoms with Gasteiger partial charge in [-0.25, -0.2) is 0 Å². The monoisotopic (exact) mass is 227 g/mol. The molecule has 0 aliphatic heterocycles. The molecule has 90 valence electrons. The van der Waals surface area contributed by atoms with Crippen molar-refractivity contribution in [1.29, 1.82) is 0 Å². The number of nitrogens with one attached hydrogen (secondary N) is 1. The van der Waals surface area contributed by atoms with Crippen molar-refractivity contribution in [2.75, 3.05) is 6.54 Å². The molecular formula is C9H17N5O2. The summed E-state index contributed by atoms with van der Waals surface area (Å²) < 4.78 is 4.84. The average molecular weight is 227 g/mol. The van der Waals surface area contributed by atoms with E-state index in [1.54, 1.807) is 6.92 Å². The van der Waals surface area contributed by atoms with Gasteiger partial charge in [0.2, 0.25) is 5.89 Å². The lowest BCUT2D eigenvalue weighted by molar-refractivity contribution is 0.314. The molecule has 0 saturated heterocycles. The van der Waals surface area contributed by atoms with Crippen LogP contribution in [0.2, 0.25) is 0 Å². The van der Waals surface area contributed by atoms with Crippen molar-refractivity contribution >= 4 is 5.84 Å². The largest absolute Gasteiger partial charge is 0.409 e. The molecule has 1 aromatic rings. The maximum atomic E-state index is 8.54. The highest BCUT2D eigenvalue weighted by atomic mass is 16.5. The van der Waals surface area contributed by atoms with E-state index in [1.165, 1.54) is 0 Å². The second-order valence-electron chi connectivity index (χ2n) is 3.42. The van der Waals surface area contributed by atoms with Crippen molar-refractivity contribution in [3.8, 4) is 0 Å². The SMILES string of the molecule is CCC(NCCc1noc(C)n1)C(N)=NO. The lowest BCUT2D eigenvalue weighted by atomic mass is 10.2. The normalized spacial score (nSPS) is 14.0. The highest BCUT2D eigenvalue weighted by Crippen LogP contribution is 1.96. The summed E-state index contributed by atoms with van der Waals surface area (Å²) in [6.45, 7) is 4.34. The summed E-state index contributed by atoms with van der Waals surface area (Å²) >= 11 is 0. The molecule has 0 bridgehead atoms. The number of aromatic nitrogens is 2. The van der Waals surface area contributed by atoms with Crippen molar-refractivity contribution in [2.45, 2.75) is 32.7 Å². The van der Waals surface area contributed by atoms with Gasteiger partial charge in [0.25, 0.3) is 0 Å². The maximum Gasteiger partial charge on any atom is 0.223 e. The lowest BCUT2D eigenvalue weighted by Gasteiger charge is -2.14. The average Bonchev–Trinajstić information content (AvgIpc) is 2.69. The fourth-order valence-electron chi connectivity index (χ4n) is 1.33. The fraction of sp³-hybridized carbons (Fsp3) is 0.667. The molecule has 7 nitrogen and oxygen atoms in total. The zero-order valence-corrected chi connectivity index (χ0v) is 9.47. The van der Waals surface area contributed by atoms with Crippen molar-refractivity contribution in [1.82, 2.24) is 15.5 Å². The van der Waals surface area contributed by atoms with Crippen molar-refractivity contribution in [3.05, 3.63) is 11.7 Å². The van der Waals surface area contributed by atoms with Crippen LogP contribution < -0.4 is 11.1 Å². The number of rotatable bonds is 6. The van der Waals surface area contributed by atoms with Gasteiger partial charge in [-0.15, -0.1) is 0 Å².